The minimum absolute atomic E-state index is 0.0216. The van der Waals surface area contributed by atoms with Crippen molar-refractivity contribution in [3.63, 3.8) is 0 Å². The summed E-state index contributed by atoms with van der Waals surface area (Å²) in [6, 6.07) is 16.2. The van der Waals surface area contributed by atoms with Crippen LogP contribution in [0.5, 0.6) is 5.75 Å². The Morgan fingerprint density at radius 2 is 1.91 bits per heavy atom. The number of hydrogen-bond donors (Lipinski definition) is 0. The van der Waals surface area contributed by atoms with Crippen molar-refractivity contribution in [2.24, 2.45) is 0 Å². The van der Waals surface area contributed by atoms with E-state index in [1.54, 1.807) is 0 Å². The van der Waals surface area contributed by atoms with Crippen molar-refractivity contribution < 1.29 is 9.53 Å². The molecule has 1 heterocycles. The van der Waals surface area contributed by atoms with Crippen LogP contribution in [0.25, 0.3) is 0 Å². The minimum atomic E-state index is -0.503. The lowest BCUT2D eigenvalue weighted by Gasteiger charge is -2.26. The van der Waals surface area contributed by atoms with Gasteiger partial charge in [-0.05, 0) is 49.9 Å². The maximum absolute atomic E-state index is 12.9. The number of hydrogen-bond acceptors (Lipinski definition) is 2. The van der Waals surface area contributed by atoms with Gasteiger partial charge in [-0.1, -0.05) is 43.3 Å². The second-order valence-corrected chi connectivity index (χ2v) is 6.11. The first-order valence-corrected chi connectivity index (χ1v) is 8.27. The first-order chi connectivity index (χ1) is 11.1. The van der Waals surface area contributed by atoms with E-state index in [4.69, 9.17) is 4.74 Å². The molecule has 0 saturated heterocycles. The highest BCUT2D eigenvalue weighted by molar-refractivity contribution is 5.99. The third-order valence-corrected chi connectivity index (χ3v) is 4.45. The van der Waals surface area contributed by atoms with Gasteiger partial charge in [-0.3, -0.25) is 4.79 Å². The number of ether oxygens (including phenoxy) is 1. The Bertz CT molecular complexity index is 710. The van der Waals surface area contributed by atoms with Gasteiger partial charge in [0.2, 0.25) is 0 Å². The van der Waals surface area contributed by atoms with E-state index < -0.39 is 6.10 Å². The standard InChI is InChI=1S/C20H23NO2/c1-4-16-9-6-8-12-19(16)23-15(3)20(22)21-14(2)13-17-10-5-7-11-18(17)21/h5-12,14-15H,4,13H2,1-3H3. The molecule has 0 N–H and O–H groups in total. The number of carbonyl (C=O) groups is 1. The lowest BCUT2D eigenvalue weighted by Crippen LogP contribution is -2.43. The molecule has 0 aliphatic carbocycles. The molecule has 0 saturated carbocycles. The quantitative estimate of drug-likeness (QED) is 0.854. The van der Waals surface area contributed by atoms with E-state index in [2.05, 4.69) is 19.9 Å². The molecule has 0 radical (unpaired) electrons. The maximum Gasteiger partial charge on any atom is 0.268 e. The molecule has 23 heavy (non-hydrogen) atoms. The van der Waals surface area contributed by atoms with Crippen LogP contribution < -0.4 is 9.64 Å². The molecule has 2 atom stereocenters. The zero-order valence-corrected chi connectivity index (χ0v) is 14.0. The van der Waals surface area contributed by atoms with Crippen LogP contribution in [0, 0.1) is 0 Å². The third-order valence-electron chi connectivity index (χ3n) is 4.45. The molecular weight excluding hydrogens is 286 g/mol. The lowest BCUT2D eigenvalue weighted by atomic mass is 10.1. The van der Waals surface area contributed by atoms with E-state index in [0.29, 0.717) is 0 Å². The summed E-state index contributed by atoms with van der Waals surface area (Å²) in [6.45, 7) is 6.01. The van der Waals surface area contributed by atoms with E-state index in [-0.39, 0.29) is 11.9 Å². The highest BCUT2D eigenvalue weighted by Crippen LogP contribution is 2.32. The number of fused-ring (bicyclic) bond motifs is 1. The SMILES string of the molecule is CCc1ccccc1OC(C)C(=O)N1c2ccccc2CC1C. The molecule has 1 aliphatic rings. The highest BCUT2D eigenvalue weighted by Gasteiger charge is 2.33. The van der Waals surface area contributed by atoms with Crippen LogP contribution in [0.15, 0.2) is 48.5 Å². The number of anilines is 1. The molecule has 1 aliphatic heterocycles. The Balaban J connectivity index is 1.80. The average molecular weight is 309 g/mol. The summed E-state index contributed by atoms with van der Waals surface area (Å²) in [4.78, 5) is 14.8. The van der Waals surface area contributed by atoms with Gasteiger partial charge < -0.3 is 9.64 Å². The number of para-hydroxylation sites is 2. The summed E-state index contributed by atoms with van der Waals surface area (Å²) in [5, 5.41) is 0. The van der Waals surface area contributed by atoms with Crippen LogP contribution in [-0.2, 0) is 17.6 Å². The van der Waals surface area contributed by atoms with Crippen molar-refractivity contribution >= 4 is 11.6 Å². The zero-order valence-electron chi connectivity index (χ0n) is 14.0. The number of rotatable bonds is 4. The lowest BCUT2D eigenvalue weighted by molar-refractivity contribution is -0.124. The van der Waals surface area contributed by atoms with Gasteiger partial charge in [0.25, 0.3) is 5.91 Å². The summed E-state index contributed by atoms with van der Waals surface area (Å²) in [5.74, 6) is 0.823. The molecule has 0 bridgehead atoms. The Labute approximate surface area is 137 Å². The molecule has 0 fully saturated rings. The fourth-order valence-corrected chi connectivity index (χ4v) is 3.25. The van der Waals surface area contributed by atoms with E-state index in [1.165, 1.54) is 5.56 Å². The summed E-state index contributed by atoms with van der Waals surface area (Å²) in [6.07, 6.45) is 1.29. The molecule has 2 aromatic rings. The van der Waals surface area contributed by atoms with Crippen LogP contribution in [0.3, 0.4) is 0 Å². The normalized spacial score (nSPS) is 17.7. The molecule has 1 amide bonds. The van der Waals surface area contributed by atoms with E-state index in [1.807, 2.05) is 54.3 Å². The van der Waals surface area contributed by atoms with Crippen molar-refractivity contribution in [3.8, 4) is 5.75 Å². The van der Waals surface area contributed by atoms with Gasteiger partial charge in [-0.25, -0.2) is 0 Å². The molecule has 0 aromatic heterocycles. The van der Waals surface area contributed by atoms with Crippen LogP contribution in [0.2, 0.25) is 0 Å². The summed E-state index contributed by atoms with van der Waals surface area (Å²) in [7, 11) is 0. The average Bonchev–Trinajstić information content (AvgIpc) is 2.90. The molecule has 2 unspecified atom stereocenters. The van der Waals surface area contributed by atoms with Gasteiger partial charge in [0.05, 0.1) is 0 Å². The van der Waals surface area contributed by atoms with E-state index >= 15 is 0 Å². The van der Waals surface area contributed by atoms with Gasteiger partial charge in [-0.15, -0.1) is 0 Å². The van der Waals surface area contributed by atoms with E-state index in [9.17, 15) is 4.79 Å². The fourth-order valence-electron chi connectivity index (χ4n) is 3.25. The molecule has 3 nitrogen and oxygen atoms in total. The van der Waals surface area contributed by atoms with Gasteiger partial charge in [0.15, 0.2) is 6.10 Å². The fraction of sp³-hybridized carbons (Fsp3) is 0.350. The summed E-state index contributed by atoms with van der Waals surface area (Å²) < 4.78 is 5.98. The van der Waals surface area contributed by atoms with Gasteiger partial charge in [0.1, 0.15) is 5.75 Å². The monoisotopic (exact) mass is 309 g/mol. The highest BCUT2D eigenvalue weighted by atomic mass is 16.5. The third kappa shape index (κ3) is 2.96. The van der Waals surface area contributed by atoms with Crippen molar-refractivity contribution in [2.45, 2.75) is 45.8 Å². The van der Waals surface area contributed by atoms with Crippen molar-refractivity contribution in [2.75, 3.05) is 4.90 Å². The topological polar surface area (TPSA) is 29.5 Å². The Kier molecular flexibility index (Phi) is 4.37. The predicted molar refractivity (Wildman–Crippen MR) is 93.0 cm³/mol. The summed E-state index contributed by atoms with van der Waals surface area (Å²) in [5.41, 5.74) is 3.38. The number of nitrogens with zero attached hydrogens (tertiary/aromatic N) is 1. The smallest absolute Gasteiger partial charge is 0.268 e. The van der Waals surface area contributed by atoms with E-state index in [0.717, 1.165) is 29.8 Å². The zero-order chi connectivity index (χ0) is 16.4. The van der Waals surface area contributed by atoms with Gasteiger partial charge in [-0.2, -0.15) is 0 Å². The van der Waals surface area contributed by atoms with Crippen molar-refractivity contribution in [3.05, 3.63) is 59.7 Å². The second kappa shape index (κ2) is 6.45. The molecular formula is C20H23NO2. The van der Waals surface area contributed by atoms with Gasteiger partial charge in [0, 0.05) is 11.7 Å². The Hall–Kier alpha value is -2.29. The molecule has 3 rings (SSSR count). The first-order valence-electron chi connectivity index (χ1n) is 8.27. The van der Waals surface area contributed by atoms with Crippen LogP contribution in [-0.4, -0.2) is 18.1 Å². The molecule has 0 spiro atoms. The maximum atomic E-state index is 12.9. The van der Waals surface area contributed by atoms with Crippen molar-refractivity contribution in [1.82, 2.24) is 0 Å². The number of carbonyl (C=O) groups excluding carboxylic acids is 1. The minimum Gasteiger partial charge on any atom is -0.481 e. The number of benzene rings is 2. The number of amides is 1. The largest absolute Gasteiger partial charge is 0.481 e. The molecule has 2 aromatic carbocycles. The Morgan fingerprint density at radius 3 is 2.70 bits per heavy atom. The second-order valence-electron chi connectivity index (χ2n) is 6.11. The van der Waals surface area contributed by atoms with Crippen LogP contribution >= 0.6 is 0 Å². The van der Waals surface area contributed by atoms with Crippen LogP contribution in [0.4, 0.5) is 5.69 Å². The van der Waals surface area contributed by atoms with Crippen LogP contribution in [0.1, 0.15) is 31.9 Å². The molecule has 120 valence electrons. The Morgan fingerprint density at radius 1 is 1.22 bits per heavy atom. The summed E-state index contributed by atoms with van der Waals surface area (Å²) >= 11 is 0. The van der Waals surface area contributed by atoms with Crippen molar-refractivity contribution in [1.29, 1.82) is 0 Å². The van der Waals surface area contributed by atoms with Gasteiger partial charge >= 0.3 is 0 Å². The molecule has 3 heteroatoms. The first kappa shape index (κ1) is 15.6. The number of aryl methyl sites for hydroxylation is 1. The predicted octanol–water partition coefficient (Wildman–Crippen LogP) is 3.99.